The molecule has 3 aromatic rings. The van der Waals surface area contributed by atoms with Crippen LogP contribution in [-0.2, 0) is 35.2 Å². The molecule has 7 heteroatoms. The molecular weight excluding hydrogens is 520 g/mol. The predicted molar refractivity (Wildman–Crippen MR) is 142 cm³/mol. The van der Waals surface area contributed by atoms with Gasteiger partial charge in [0, 0.05) is 15.9 Å². The van der Waals surface area contributed by atoms with Crippen molar-refractivity contribution in [1.29, 1.82) is 0 Å². The van der Waals surface area contributed by atoms with Crippen LogP contribution in [0.15, 0.2) is 16.6 Å². The van der Waals surface area contributed by atoms with Gasteiger partial charge in [-0.05, 0) is 117 Å². The summed E-state index contributed by atoms with van der Waals surface area (Å²) < 4.78 is 11.9. The summed E-state index contributed by atoms with van der Waals surface area (Å²) in [6, 6.07) is 4.28. The summed E-state index contributed by atoms with van der Waals surface area (Å²) in [6.07, 6.45) is 5.59. The number of ether oxygens (including phenoxy) is 2. The largest absolute Gasteiger partial charge is 0.461 e. The number of aromatic amines is 2. The van der Waals surface area contributed by atoms with Gasteiger partial charge >= 0.3 is 11.9 Å². The van der Waals surface area contributed by atoms with E-state index in [4.69, 9.17) is 9.47 Å². The van der Waals surface area contributed by atoms with Crippen molar-refractivity contribution in [2.24, 2.45) is 0 Å². The maximum atomic E-state index is 12.9. The summed E-state index contributed by atoms with van der Waals surface area (Å²) in [7, 11) is 0. The lowest BCUT2D eigenvalue weighted by atomic mass is 9.83. The molecule has 0 amide bonds. The van der Waals surface area contributed by atoms with Gasteiger partial charge < -0.3 is 19.4 Å². The second-order valence-corrected chi connectivity index (χ2v) is 10.7. The Hall–Kier alpha value is -2.80. The monoisotopic (exact) mass is 552 g/mol. The van der Waals surface area contributed by atoms with E-state index in [1.165, 1.54) is 16.7 Å². The van der Waals surface area contributed by atoms with Crippen molar-refractivity contribution in [2.45, 2.75) is 72.1 Å². The number of carbonyl (C=O) groups excluding carboxylic acids is 2. The number of aromatic nitrogens is 2. The third kappa shape index (κ3) is 4.11. The molecule has 0 atom stereocenters. The lowest BCUT2D eigenvalue weighted by molar-refractivity contribution is 0.0509. The molecule has 1 aromatic carbocycles. The first-order valence-corrected chi connectivity index (χ1v) is 13.7. The first-order chi connectivity index (χ1) is 17.3. The molecule has 0 fully saturated rings. The minimum Gasteiger partial charge on any atom is -0.461 e. The van der Waals surface area contributed by atoms with Crippen LogP contribution in [0.25, 0.3) is 0 Å². The highest BCUT2D eigenvalue weighted by Gasteiger charge is 2.37. The number of esters is 2. The summed E-state index contributed by atoms with van der Waals surface area (Å²) in [5.74, 6) is -0.759. The van der Waals surface area contributed by atoms with E-state index in [2.05, 4.69) is 51.9 Å². The van der Waals surface area contributed by atoms with Gasteiger partial charge in [-0.25, -0.2) is 9.59 Å². The molecule has 0 bridgehead atoms. The molecule has 2 aliphatic carbocycles. The first kappa shape index (κ1) is 24.9. The molecule has 2 aromatic heterocycles. The topological polar surface area (TPSA) is 84.2 Å². The van der Waals surface area contributed by atoms with Crippen LogP contribution in [0, 0.1) is 13.8 Å². The van der Waals surface area contributed by atoms with Crippen molar-refractivity contribution in [3.63, 3.8) is 0 Å². The van der Waals surface area contributed by atoms with E-state index in [1.807, 2.05) is 13.8 Å². The summed E-state index contributed by atoms with van der Waals surface area (Å²) >= 11 is 3.65. The first-order valence-electron chi connectivity index (χ1n) is 12.9. The highest BCUT2D eigenvalue weighted by Crippen LogP contribution is 2.45. The summed E-state index contributed by atoms with van der Waals surface area (Å²) in [5.41, 5.74) is 11.3. The number of nitrogens with one attached hydrogen (secondary N) is 2. The van der Waals surface area contributed by atoms with Gasteiger partial charge in [-0.2, -0.15) is 0 Å². The lowest BCUT2D eigenvalue weighted by Crippen LogP contribution is -2.14. The van der Waals surface area contributed by atoms with E-state index in [9.17, 15) is 9.59 Å². The fourth-order valence-corrected chi connectivity index (χ4v) is 6.95. The number of carbonyl (C=O) groups is 2. The normalized spacial score (nSPS) is 14.3. The van der Waals surface area contributed by atoms with E-state index >= 15 is 0 Å². The zero-order valence-electron chi connectivity index (χ0n) is 21.4. The average molecular weight is 553 g/mol. The van der Waals surface area contributed by atoms with Crippen LogP contribution in [0.3, 0.4) is 0 Å². The SMILES string of the molecule is CCOC(=O)c1[nH]c(C(c2[nH]c(C(=O)OCC)c3c2CCC3)c2c(C)cc(Br)cc2C)c2c1CCC2. The Morgan fingerprint density at radius 2 is 1.22 bits per heavy atom. The average Bonchev–Trinajstić information content (AvgIpc) is 3.58. The van der Waals surface area contributed by atoms with Crippen molar-refractivity contribution in [1.82, 2.24) is 9.97 Å². The Bertz CT molecular complexity index is 1250. The molecule has 2 aliphatic rings. The number of hydrogen-bond donors (Lipinski definition) is 2. The molecule has 0 saturated carbocycles. The molecule has 0 spiro atoms. The van der Waals surface area contributed by atoms with Gasteiger partial charge in [0.05, 0.1) is 19.1 Å². The van der Waals surface area contributed by atoms with Crippen LogP contribution in [0.4, 0.5) is 0 Å². The Balaban J connectivity index is 1.77. The van der Waals surface area contributed by atoms with E-state index in [0.717, 1.165) is 76.6 Å². The maximum Gasteiger partial charge on any atom is 0.355 e. The Morgan fingerprint density at radius 3 is 1.64 bits per heavy atom. The highest BCUT2D eigenvalue weighted by molar-refractivity contribution is 9.10. The van der Waals surface area contributed by atoms with Gasteiger partial charge in [0.25, 0.3) is 0 Å². The molecule has 0 radical (unpaired) electrons. The third-order valence-electron chi connectivity index (χ3n) is 7.59. The van der Waals surface area contributed by atoms with E-state index in [-0.39, 0.29) is 17.9 Å². The third-order valence-corrected chi connectivity index (χ3v) is 8.05. The molecule has 0 saturated heterocycles. The predicted octanol–water partition coefficient (Wildman–Crippen LogP) is 6.23. The van der Waals surface area contributed by atoms with Gasteiger partial charge in [0.15, 0.2) is 0 Å². The molecule has 2 heterocycles. The molecule has 0 aliphatic heterocycles. The smallest absolute Gasteiger partial charge is 0.355 e. The van der Waals surface area contributed by atoms with Crippen molar-refractivity contribution in [2.75, 3.05) is 13.2 Å². The molecular formula is C29H33BrN2O4. The minimum atomic E-state index is -0.297. The van der Waals surface area contributed by atoms with Crippen molar-refractivity contribution >= 4 is 27.9 Å². The number of hydrogen-bond acceptors (Lipinski definition) is 4. The highest BCUT2D eigenvalue weighted by atomic mass is 79.9. The molecule has 5 rings (SSSR count). The number of benzene rings is 1. The summed E-state index contributed by atoms with van der Waals surface area (Å²) in [5, 5.41) is 0. The Labute approximate surface area is 220 Å². The number of halogens is 1. The van der Waals surface area contributed by atoms with Crippen LogP contribution >= 0.6 is 15.9 Å². The Morgan fingerprint density at radius 1 is 0.806 bits per heavy atom. The van der Waals surface area contributed by atoms with Crippen molar-refractivity contribution < 1.29 is 19.1 Å². The number of H-pyrrole nitrogens is 2. The number of rotatable bonds is 7. The zero-order chi connectivity index (χ0) is 25.6. The van der Waals surface area contributed by atoms with E-state index in [0.29, 0.717) is 24.6 Å². The molecule has 0 unspecified atom stereocenters. The fraction of sp³-hybridized carbons (Fsp3) is 0.448. The zero-order valence-corrected chi connectivity index (χ0v) is 23.0. The second-order valence-electron chi connectivity index (χ2n) is 9.78. The standard InChI is InChI=1S/C29H33BrN2O4/c1-5-35-28(33)26-20-11-7-9-18(20)24(31-26)23(22-15(3)13-17(30)14-16(22)4)25-19-10-8-12-21(19)27(32-25)29(34)36-6-2/h13-14,23,31-32H,5-12H2,1-4H3. The Kier molecular flexibility index (Phi) is 6.86. The van der Waals surface area contributed by atoms with Crippen LogP contribution in [0.5, 0.6) is 0 Å². The minimum absolute atomic E-state index is 0.164. The van der Waals surface area contributed by atoms with E-state index < -0.39 is 0 Å². The summed E-state index contributed by atoms with van der Waals surface area (Å²) in [6.45, 7) is 8.60. The van der Waals surface area contributed by atoms with Gasteiger partial charge in [-0.1, -0.05) is 15.9 Å². The van der Waals surface area contributed by atoms with E-state index in [1.54, 1.807) is 0 Å². The van der Waals surface area contributed by atoms with Gasteiger partial charge in [-0.15, -0.1) is 0 Å². The van der Waals surface area contributed by atoms with Crippen LogP contribution in [-0.4, -0.2) is 35.1 Å². The summed E-state index contributed by atoms with van der Waals surface area (Å²) in [4.78, 5) is 32.9. The molecule has 190 valence electrons. The van der Waals surface area contributed by atoms with Crippen LogP contribution < -0.4 is 0 Å². The van der Waals surface area contributed by atoms with Gasteiger partial charge in [-0.3, -0.25) is 0 Å². The van der Waals surface area contributed by atoms with Crippen LogP contribution in [0.2, 0.25) is 0 Å². The lowest BCUT2D eigenvalue weighted by Gasteiger charge is -2.23. The molecule has 36 heavy (non-hydrogen) atoms. The molecule has 6 nitrogen and oxygen atoms in total. The molecule has 2 N–H and O–H groups in total. The second kappa shape index (κ2) is 9.92. The van der Waals surface area contributed by atoms with Crippen LogP contribution in [0.1, 0.15) is 104 Å². The van der Waals surface area contributed by atoms with Gasteiger partial charge in [0.1, 0.15) is 11.4 Å². The van der Waals surface area contributed by atoms with Crippen molar-refractivity contribution in [3.05, 3.63) is 78.3 Å². The van der Waals surface area contributed by atoms with Gasteiger partial charge in [0.2, 0.25) is 0 Å². The number of fused-ring (bicyclic) bond motifs is 2. The fourth-order valence-electron chi connectivity index (χ4n) is 6.26. The quantitative estimate of drug-likeness (QED) is 0.340. The number of aryl methyl sites for hydroxylation is 2. The maximum absolute atomic E-state index is 12.9. The van der Waals surface area contributed by atoms with Crippen molar-refractivity contribution in [3.8, 4) is 0 Å².